The Morgan fingerprint density at radius 1 is 1.10 bits per heavy atom. The summed E-state index contributed by atoms with van der Waals surface area (Å²) in [5, 5.41) is 8.19. The molecule has 1 aliphatic rings. The number of para-hydroxylation sites is 1. The number of rotatable bonds is 5. The van der Waals surface area contributed by atoms with Crippen molar-refractivity contribution in [1.29, 1.82) is 0 Å². The first-order chi connectivity index (χ1) is 15.2. The molecule has 5 rings (SSSR count). The SMILES string of the molecule is O=C(Cn1cnc2ccccc2c1=O)N[C@H]1CCCc2c1cnn2Cc1ccccc1. The van der Waals surface area contributed by atoms with Gasteiger partial charge >= 0.3 is 0 Å². The van der Waals surface area contributed by atoms with Gasteiger partial charge in [-0.3, -0.25) is 18.8 Å². The van der Waals surface area contributed by atoms with E-state index in [1.54, 1.807) is 18.2 Å². The monoisotopic (exact) mass is 413 g/mol. The number of hydrogen-bond acceptors (Lipinski definition) is 4. The van der Waals surface area contributed by atoms with Gasteiger partial charge in [0.05, 0.1) is 36.0 Å². The summed E-state index contributed by atoms with van der Waals surface area (Å²) >= 11 is 0. The fourth-order valence-corrected chi connectivity index (χ4v) is 4.27. The van der Waals surface area contributed by atoms with Gasteiger partial charge in [0.25, 0.3) is 5.56 Å². The molecule has 0 aliphatic heterocycles. The number of nitrogens with one attached hydrogen (secondary N) is 1. The summed E-state index contributed by atoms with van der Waals surface area (Å²) in [7, 11) is 0. The Morgan fingerprint density at radius 2 is 1.90 bits per heavy atom. The van der Waals surface area contributed by atoms with Crippen LogP contribution < -0.4 is 10.9 Å². The smallest absolute Gasteiger partial charge is 0.261 e. The summed E-state index contributed by atoms with van der Waals surface area (Å²) in [6.45, 7) is 0.662. The standard InChI is InChI=1S/C24H23N5O2/c30-23(15-28-16-25-20-10-5-4-9-18(20)24(28)31)27-21-11-6-12-22-19(21)13-26-29(22)14-17-7-2-1-3-8-17/h1-5,7-10,13,16,21H,6,11-12,14-15H2,(H,27,30)/t21-/m0/s1. The van der Waals surface area contributed by atoms with E-state index in [2.05, 4.69) is 27.5 Å². The predicted molar refractivity (Wildman–Crippen MR) is 118 cm³/mol. The van der Waals surface area contributed by atoms with Gasteiger partial charge in [0.15, 0.2) is 0 Å². The van der Waals surface area contributed by atoms with E-state index in [0.717, 1.165) is 31.4 Å². The van der Waals surface area contributed by atoms with E-state index in [0.29, 0.717) is 10.9 Å². The summed E-state index contributed by atoms with van der Waals surface area (Å²) in [6.07, 6.45) is 6.10. The summed E-state index contributed by atoms with van der Waals surface area (Å²) < 4.78 is 3.39. The minimum absolute atomic E-state index is 0.0549. The molecule has 4 aromatic rings. The maximum absolute atomic E-state index is 12.8. The van der Waals surface area contributed by atoms with Crippen molar-refractivity contribution in [2.24, 2.45) is 0 Å². The molecule has 7 nitrogen and oxygen atoms in total. The molecule has 1 N–H and O–H groups in total. The van der Waals surface area contributed by atoms with Gasteiger partial charge in [0.2, 0.25) is 5.91 Å². The maximum Gasteiger partial charge on any atom is 0.261 e. The van der Waals surface area contributed by atoms with Crippen LogP contribution in [0.1, 0.15) is 35.7 Å². The number of aromatic nitrogens is 4. The molecule has 31 heavy (non-hydrogen) atoms. The minimum Gasteiger partial charge on any atom is -0.348 e. The molecule has 7 heteroatoms. The third kappa shape index (κ3) is 3.86. The van der Waals surface area contributed by atoms with Crippen LogP contribution in [-0.4, -0.2) is 25.2 Å². The van der Waals surface area contributed by atoms with Gasteiger partial charge in [-0.1, -0.05) is 42.5 Å². The van der Waals surface area contributed by atoms with Crippen molar-refractivity contribution < 1.29 is 4.79 Å². The van der Waals surface area contributed by atoms with E-state index in [9.17, 15) is 9.59 Å². The fraction of sp³-hybridized carbons (Fsp3) is 0.250. The maximum atomic E-state index is 12.8. The third-order valence-electron chi connectivity index (χ3n) is 5.82. The number of carbonyl (C=O) groups is 1. The molecular formula is C24H23N5O2. The number of carbonyl (C=O) groups excluding carboxylic acids is 1. The molecule has 0 radical (unpaired) electrons. The molecule has 2 aromatic carbocycles. The molecule has 2 aromatic heterocycles. The highest BCUT2D eigenvalue weighted by Crippen LogP contribution is 2.30. The molecule has 2 heterocycles. The molecule has 1 amide bonds. The van der Waals surface area contributed by atoms with Gasteiger partial charge in [-0.2, -0.15) is 5.10 Å². The van der Waals surface area contributed by atoms with Crippen molar-refractivity contribution in [2.75, 3.05) is 0 Å². The van der Waals surface area contributed by atoms with Crippen LogP contribution in [0, 0.1) is 0 Å². The number of benzene rings is 2. The summed E-state index contributed by atoms with van der Waals surface area (Å²) in [4.78, 5) is 29.7. The van der Waals surface area contributed by atoms with E-state index >= 15 is 0 Å². The topological polar surface area (TPSA) is 81.8 Å². The molecule has 0 saturated carbocycles. The lowest BCUT2D eigenvalue weighted by Crippen LogP contribution is -2.36. The molecule has 1 aliphatic carbocycles. The zero-order chi connectivity index (χ0) is 21.2. The Labute approximate surface area is 179 Å². The second-order valence-corrected chi connectivity index (χ2v) is 7.90. The van der Waals surface area contributed by atoms with Crippen molar-refractivity contribution in [3.05, 3.63) is 94.3 Å². The normalized spacial score (nSPS) is 15.5. The highest BCUT2D eigenvalue weighted by Gasteiger charge is 2.25. The first kappa shape index (κ1) is 19.2. The number of nitrogens with zero attached hydrogens (tertiary/aromatic N) is 4. The summed E-state index contributed by atoms with van der Waals surface area (Å²) in [5.41, 5.74) is 3.86. The Kier molecular flexibility index (Phi) is 5.08. The largest absolute Gasteiger partial charge is 0.348 e. The van der Waals surface area contributed by atoms with Crippen molar-refractivity contribution >= 4 is 16.8 Å². The third-order valence-corrected chi connectivity index (χ3v) is 5.82. The van der Waals surface area contributed by atoms with Crippen LogP contribution in [0.15, 0.2) is 71.9 Å². The molecule has 1 atom stereocenters. The first-order valence-electron chi connectivity index (χ1n) is 10.5. The lowest BCUT2D eigenvalue weighted by Gasteiger charge is -2.24. The van der Waals surface area contributed by atoms with Crippen molar-refractivity contribution in [1.82, 2.24) is 24.6 Å². The number of fused-ring (bicyclic) bond motifs is 2. The Hall–Kier alpha value is -3.74. The average Bonchev–Trinajstić information content (AvgIpc) is 3.20. The van der Waals surface area contributed by atoms with Crippen LogP contribution in [0.3, 0.4) is 0 Å². The molecule has 0 unspecified atom stereocenters. The van der Waals surface area contributed by atoms with Gasteiger partial charge in [-0.25, -0.2) is 4.98 Å². The minimum atomic E-state index is -0.208. The number of hydrogen-bond donors (Lipinski definition) is 1. The number of amides is 1. The molecule has 0 saturated heterocycles. The van der Waals surface area contributed by atoms with E-state index in [1.165, 1.54) is 22.2 Å². The zero-order valence-corrected chi connectivity index (χ0v) is 17.1. The van der Waals surface area contributed by atoms with Crippen molar-refractivity contribution in [3.8, 4) is 0 Å². The van der Waals surface area contributed by atoms with Gasteiger partial charge < -0.3 is 5.32 Å². The quantitative estimate of drug-likeness (QED) is 0.546. The fourth-order valence-electron chi connectivity index (χ4n) is 4.27. The zero-order valence-electron chi connectivity index (χ0n) is 17.1. The van der Waals surface area contributed by atoms with Gasteiger partial charge in [0, 0.05) is 11.3 Å². The van der Waals surface area contributed by atoms with Gasteiger partial charge in [0.1, 0.15) is 6.54 Å². The lowest BCUT2D eigenvalue weighted by molar-refractivity contribution is -0.122. The van der Waals surface area contributed by atoms with Crippen LogP contribution in [0.25, 0.3) is 10.9 Å². The molecular weight excluding hydrogens is 390 g/mol. The van der Waals surface area contributed by atoms with E-state index in [-0.39, 0.29) is 24.1 Å². The summed E-state index contributed by atoms with van der Waals surface area (Å²) in [6, 6.07) is 17.3. The predicted octanol–water partition coefficient (Wildman–Crippen LogP) is 2.84. The lowest BCUT2D eigenvalue weighted by atomic mass is 9.93. The van der Waals surface area contributed by atoms with Crippen LogP contribution >= 0.6 is 0 Å². The van der Waals surface area contributed by atoms with Gasteiger partial charge in [-0.05, 0) is 37.0 Å². The molecule has 156 valence electrons. The Bertz CT molecular complexity index is 1290. The second kappa shape index (κ2) is 8.18. The molecule has 0 spiro atoms. The Balaban J connectivity index is 1.32. The van der Waals surface area contributed by atoms with Crippen LogP contribution in [0.4, 0.5) is 0 Å². The van der Waals surface area contributed by atoms with E-state index in [1.807, 2.05) is 35.1 Å². The first-order valence-corrected chi connectivity index (χ1v) is 10.5. The van der Waals surface area contributed by atoms with Crippen molar-refractivity contribution in [3.63, 3.8) is 0 Å². The molecule has 0 bridgehead atoms. The Morgan fingerprint density at radius 3 is 2.77 bits per heavy atom. The highest BCUT2D eigenvalue weighted by atomic mass is 16.2. The van der Waals surface area contributed by atoms with Crippen LogP contribution in [0.5, 0.6) is 0 Å². The van der Waals surface area contributed by atoms with E-state index < -0.39 is 0 Å². The van der Waals surface area contributed by atoms with Crippen molar-refractivity contribution in [2.45, 2.75) is 38.4 Å². The highest BCUT2D eigenvalue weighted by molar-refractivity contribution is 5.79. The van der Waals surface area contributed by atoms with Gasteiger partial charge in [-0.15, -0.1) is 0 Å². The summed E-state index contributed by atoms with van der Waals surface area (Å²) in [5.74, 6) is -0.201. The van der Waals surface area contributed by atoms with Crippen LogP contribution in [-0.2, 0) is 24.3 Å². The second-order valence-electron chi connectivity index (χ2n) is 7.90. The van der Waals surface area contributed by atoms with E-state index in [4.69, 9.17) is 0 Å². The van der Waals surface area contributed by atoms with Crippen LogP contribution in [0.2, 0.25) is 0 Å². The average molecular weight is 413 g/mol. The molecule has 0 fully saturated rings.